The van der Waals surface area contributed by atoms with Crippen molar-refractivity contribution in [2.45, 2.75) is 20.0 Å². The topological polar surface area (TPSA) is 48.1 Å². The van der Waals surface area contributed by atoms with Crippen molar-refractivity contribution < 1.29 is 4.74 Å². The Morgan fingerprint density at radius 3 is 2.32 bits per heavy atom. The van der Waals surface area contributed by atoms with Gasteiger partial charge in [0, 0.05) is 24.0 Å². The number of hydrogen-bond acceptors (Lipinski definition) is 3. The van der Waals surface area contributed by atoms with E-state index in [2.05, 4.69) is 4.98 Å². The van der Waals surface area contributed by atoms with Gasteiger partial charge < -0.3 is 10.5 Å². The Morgan fingerprint density at radius 2 is 1.79 bits per heavy atom. The summed E-state index contributed by atoms with van der Waals surface area (Å²) in [5.41, 5.74) is 8.81. The molecule has 0 aliphatic carbocycles. The number of nitrogens with zero attached hydrogens (tertiary/aromatic N) is 1. The third kappa shape index (κ3) is 3.25. The fraction of sp³-hybridized carbons (Fsp3) is 0.267. The fourth-order valence-corrected chi connectivity index (χ4v) is 2.08. The summed E-state index contributed by atoms with van der Waals surface area (Å²) in [6.45, 7) is 4.34. The van der Waals surface area contributed by atoms with Gasteiger partial charge in [0.25, 0.3) is 0 Å². The van der Waals surface area contributed by atoms with Gasteiger partial charge >= 0.3 is 0 Å². The molecule has 0 spiro atoms. The van der Waals surface area contributed by atoms with Gasteiger partial charge in [0.15, 0.2) is 0 Å². The Balaban J connectivity index is 2.24. The van der Waals surface area contributed by atoms with E-state index in [1.807, 2.05) is 38.1 Å². The fourth-order valence-electron chi connectivity index (χ4n) is 1.97. The number of pyridine rings is 1. The van der Waals surface area contributed by atoms with Gasteiger partial charge in [-0.3, -0.25) is 4.98 Å². The van der Waals surface area contributed by atoms with Crippen molar-refractivity contribution in [1.29, 1.82) is 0 Å². The van der Waals surface area contributed by atoms with Gasteiger partial charge in [0.2, 0.25) is 0 Å². The van der Waals surface area contributed by atoms with E-state index in [9.17, 15) is 0 Å². The maximum absolute atomic E-state index is 6.15. The summed E-state index contributed by atoms with van der Waals surface area (Å²) < 4.78 is 5.95. The molecule has 100 valence electrons. The molecule has 0 aliphatic rings. The van der Waals surface area contributed by atoms with E-state index in [0.717, 1.165) is 27.5 Å². The lowest BCUT2D eigenvalue weighted by atomic mass is 10.1. The summed E-state index contributed by atoms with van der Waals surface area (Å²) in [7, 11) is 0. The highest BCUT2D eigenvalue weighted by molar-refractivity contribution is 6.32. The highest BCUT2D eigenvalue weighted by Crippen LogP contribution is 2.28. The zero-order valence-electron chi connectivity index (χ0n) is 11.1. The van der Waals surface area contributed by atoms with Crippen LogP contribution in [0.2, 0.25) is 5.02 Å². The smallest absolute Gasteiger partial charge is 0.136 e. The largest absolute Gasteiger partial charge is 0.484 e. The summed E-state index contributed by atoms with van der Waals surface area (Å²) in [6.07, 6.45) is 3.29. The van der Waals surface area contributed by atoms with E-state index in [-0.39, 0.29) is 6.10 Å². The third-order valence-electron chi connectivity index (χ3n) is 2.98. The number of ether oxygens (including phenoxy) is 1. The number of benzene rings is 1. The first kappa shape index (κ1) is 13.8. The molecule has 0 fully saturated rings. The summed E-state index contributed by atoms with van der Waals surface area (Å²) in [4.78, 5) is 4.00. The molecule has 0 saturated carbocycles. The van der Waals surface area contributed by atoms with E-state index in [1.54, 1.807) is 12.4 Å². The van der Waals surface area contributed by atoms with Crippen molar-refractivity contribution in [3.05, 3.63) is 58.4 Å². The molecule has 1 unspecified atom stereocenters. The molecule has 1 aromatic heterocycles. The van der Waals surface area contributed by atoms with Crippen LogP contribution in [0, 0.1) is 13.8 Å². The molecular weight excluding hydrogens is 260 g/mol. The van der Waals surface area contributed by atoms with Crippen LogP contribution < -0.4 is 10.5 Å². The maximum Gasteiger partial charge on any atom is 0.136 e. The second-order valence-electron chi connectivity index (χ2n) is 4.49. The van der Waals surface area contributed by atoms with Crippen LogP contribution in [0.1, 0.15) is 22.8 Å². The van der Waals surface area contributed by atoms with E-state index in [0.29, 0.717) is 6.54 Å². The zero-order chi connectivity index (χ0) is 13.8. The minimum atomic E-state index is -0.178. The predicted octanol–water partition coefficient (Wildman–Crippen LogP) is 3.43. The lowest BCUT2D eigenvalue weighted by Crippen LogP contribution is -2.18. The number of aromatic nitrogens is 1. The summed E-state index contributed by atoms with van der Waals surface area (Å²) in [5.74, 6) is 0.784. The van der Waals surface area contributed by atoms with Crippen LogP contribution in [0.5, 0.6) is 5.75 Å². The molecule has 0 bridgehead atoms. The molecule has 4 heteroatoms. The monoisotopic (exact) mass is 276 g/mol. The van der Waals surface area contributed by atoms with E-state index < -0.39 is 0 Å². The van der Waals surface area contributed by atoms with E-state index in [1.165, 1.54) is 0 Å². The zero-order valence-corrected chi connectivity index (χ0v) is 11.8. The number of aryl methyl sites for hydroxylation is 2. The average Bonchev–Trinajstić information content (AvgIpc) is 2.43. The Labute approximate surface area is 118 Å². The molecule has 19 heavy (non-hydrogen) atoms. The van der Waals surface area contributed by atoms with Gasteiger partial charge in [0.05, 0.1) is 0 Å². The molecule has 1 aromatic carbocycles. The Hall–Kier alpha value is -1.58. The van der Waals surface area contributed by atoms with Gasteiger partial charge in [-0.05, 0) is 54.8 Å². The van der Waals surface area contributed by atoms with Crippen molar-refractivity contribution in [1.82, 2.24) is 4.98 Å². The number of nitrogens with two attached hydrogens (primary N) is 1. The van der Waals surface area contributed by atoms with Crippen LogP contribution in [0.3, 0.4) is 0 Å². The molecule has 0 amide bonds. The van der Waals surface area contributed by atoms with Gasteiger partial charge in [-0.1, -0.05) is 11.6 Å². The van der Waals surface area contributed by atoms with Gasteiger partial charge in [-0.25, -0.2) is 0 Å². The third-order valence-corrected chi connectivity index (χ3v) is 3.58. The molecule has 2 rings (SSSR count). The second-order valence-corrected chi connectivity index (χ2v) is 4.87. The molecule has 0 radical (unpaired) electrons. The quantitative estimate of drug-likeness (QED) is 0.931. The SMILES string of the molecule is Cc1cc(OC(CN)c2ccncc2)cc(C)c1Cl. The molecular formula is C15H17ClN2O. The second kappa shape index (κ2) is 6.04. The Bertz CT molecular complexity index is 534. The highest BCUT2D eigenvalue weighted by atomic mass is 35.5. The number of hydrogen-bond donors (Lipinski definition) is 1. The van der Waals surface area contributed by atoms with Gasteiger partial charge in [0.1, 0.15) is 11.9 Å². The van der Waals surface area contributed by atoms with Gasteiger partial charge in [-0.2, -0.15) is 0 Å². The van der Waals surface area contributed by atoms with Crippen molar-refractivity contribution >= 4 is 11.6 Å². The van der Waals surface area contributed by atoms with Gasteiger partial charge in [-0.15, -0.1) is 0 Å². The van der Waals surface area contributed by atoms with Crippen LogP contribution in [0.25, 0.3) is 0 Å². The average molecular weight is 277 g/mol. The Morgan fingerprint density at radius 1 is 1.21 bits per heavy atom. The lowest BCUT2D eigenvalue weighted by molar-refractivity contribution is 0.214. The van der Waals surface area contributed by atoms with E-state index >= 15 is 0 Å². The van der Waals surface area contributed by atoms with Crippen LogP contribution in [-0.4, -0.2) is 11.5 Å². The van der Waals surface area contributed by atoms with Crippen LogP contribution in [0.4, 0.5) is 0 Å². The van der Waals surface area contributed by atoms with Crippen LogP contribution in [0.15, 0.2) is 36.7 Å². The first-order valence-corrected chi connectivity index (χ1v) is 6.53. The van der Waals surface area contributed by atoms with Crippen LogP contribution in [-0.2, 0) is 0 Å². The summed E-state index contributed by atoms with van der Waals surface area (Å²) in [5, 5.41) is 0.778. The number of halogens is 1. The predicted molar refractivity (Wildman–Crippen MR) is 77.6 cm³/mol. The minimum absolute atomic E-state index is 0.178. The molecule has 2 aromatic rings. The Kier molecular flexibility index (Phi) is 4.40. The lowest BCUT2D eigenvalue weighted by Gasteiger charge is -2.19. The first-order valence-electron chi connectivity index (χ1n) is 6.15. The molecule has 0 aliphatic heterocycles. The molecule has 0 saturated heterocycles. The van der Waals surface area contributed by atoms with Crippen LogP contribution >= 0.6 is 11.6 Å². The normalized spacial score (nSPS) is 12.2. The summed E-state index contributed by atoms with van der Waals surface area (Å²) >= 11 is 6.15. The standard InChI is InChI=1S/C15H17ClN2O/c1-10-7-13(8-11(2)15(10)16)19-14(9-17)12-3-5-18-6-4-12/h3-8,14H,9,17H2,1-2H3. The van der Waals surface area contributed by atoms with Crippen molar-refractivity contribution in [2.24, 2.45) is 5.73 Å². The summed E-state index contributed by atoms with van der Waals surface area (Å²) in [6, 6.07) is 7.68. The maximum atomic E-state index is 6.15. The first-order chi connectivity index (χ1) is 9.11. The molecule has 1 atom stereocenters. The molecule has 3 nitrogen and oxygen atoms in total. The van der Waals surface area contributed by atoms with Crippen molar-refractivity contribution in [3.8, 4) is 5.75 Å². The minimum Gasteiger partial charge on any atom is -0.484 e. The van der Waals surface area contributed by atoms with Crippen molar-refractivity contribution in [3.63, 3.8) is 0 Å². The molecule has 1 heterocycles. The molecule has 2 N–H and O–H groups in total. The highest BCUT2D eigenvalue weighted by Gasteiger charge is 2.12. The number of rotatable bonds is 4. The van der Waals surface area contributed by atoms with E-state index in [4.69, 9.17) is 22.1 Å². The van der Waals surface area contributed by atoms with Crippen molar-refractivity contribution in [2.75, 3.05) is 6.54 Å².